The first-order valence-electron chi connectivity index (χ1n) is 8.31. The van der Waals surface area contributed by atoms with Crippen LogP contribution in [0.25, 0.3) is 0 Å². The molecule has 0 unspecified atom stereocenters. The second kappa shape index (κ2) is 7.37. The van der Waals surface area contributed by atoms with Gasteiger partial charge in [0.1, 0.15) is 10.8 Å². The van der Waals surface area contributed by atoms with Gasteiger partial charge in [0, 0.05) is 19.0 Å². The van der Waals surface area contributed by atoms with E-state index in [0.717, 1.165) is 36.0 Å². The molecule has 0 aliphatic heterocycles. The number of nitrogens with zero attached hydrogens (tertiary/aromatic N) is 3. The molecular weight excluding hydrogens is 379 g/mol. The fourth-order valence-electron chi connectivity index (χ4n) is 2.50. The predicted octanol–water partition coefficient (Wildman–Crippen LogP) is 2.84. The maximum Gasteiger partial charge on any atom is 0.260 e. The van der Waals surface area contributed by atoms with Crippen LogP contribution in [-0.2, 0) is 10.0 Å². The van der Waals surface area contributed by atoms with Crippen LogP contribution in [0.4, 0.5) is 9.52 Å². The second-order valence-electron chi connectivity index (χ2n) is 5.90. The number of hydrogen-bond donors (Lipinski definition) is 1. The van der Waals surface area contributed by atoms with Crippen molar-refractivity contribution in [3.63, 3.8) is 0 Å². The molecule has 0 bridgehead atoms. The number of rotatable bonds is 7. The van der Waals surface area contributed by atoms with E-state index in [2.05, 4.69) is 15.5 Å². The highest BCUT2D eigenvalue weighted by Crippen LogP contribution is 2.42. The van der Waals surface area contributed by atoms with E-state index < -0.39 is 21.7 Å². The Morgan fingerprint density at radius 2 is 2.00 bits per heavy atom. The lowest BCUT2D eigenvalue weighted by molar-refractivity contribution is 0.102. The molecule has 1 aliphatic carbocycles. The van der Waals surface area contributed by atoms with Gasteiger partial charge in [0.15, 0.2) is 0 Å². The molecule has 1 aliphatic rings. The van der Waals surface area contributed by atoms with E-state index in [9.17, 15) is 17.6 Å². The third kappa shape index (κ3) is 3.76. The summed E-state index contributed by atoms with van der Waals surface area (Å²) >= 11 is 1.25. The maximum absolute atomic E-state index is 14.1. The average Bonchev–Trinajstić information content (AvgIpc) is 3.35. The van der Waals surface area contributed by atoms with Crippen LogP contribution < -0.4 is 5.32 Å². The largest absolute Gasteiger partial charge is 0.296 e. The summed E-state index contributed by atoms with van der Waals surface area (Å²) in [5.74, 6) is -1.15. The van der Waals surface area contributed by atoms with Gasteiger partial charge in [-0.2, -0.15) is 4.31 Å². The minimum atomic E-state index is -3.78. The predicted molar refractivity (Wildman–Crippen MR) is 96.3 cm³/mol. The molecule has 1 amide bonds. The van der Waals surface area contributed by atoms with Crippen molar-refractivity contribution < 1.29 is 17.6 Å². The quantitative estimate of drug-likeness (QED) is 0.774. The zero-order valence-electron chi connectivity index (χ0n) is 14.4. The zero-order chi connectivity index (χ0) is 18.9. The first kappa shape index (κ1) is 18.9. The van der Waals surface area contributed by atoms with Crippen molar-refractivity contribution in [2.45, 2.75) is 37.5 Å². The lowest BCUT2D eigenvalue weighted by Crippen LogP contribution is -2.31. The van der Waals surface area contributed by atoms with Crippen LogP contribution in [0.15, 0.2) is 23.1 Å². The number of amides is 1. The standard InChI is InChI=1S/C16H19FN4O3S2/c1-3-21(4-2)26(23,24)11-7-8-13(17)12(9-11)14(22)18-16-20-19-15(25-16)10-5-6-10/h7-10H,3-6H2,1-2H3,(H,18,20,22). The second-order valence-corrected chi connectivity index (χ2v) is 8.85. The molecule has 1 heterocycles. The zero-order valence-corrected chi connectivity index (χ0v) is 16.0. The van der Waals surface area contributed by atoms with Crippen molar-refractivity contribution in [3.8, 4) is 0 Å². The summed E-state index contributed by atoms with van der Waals surface area (Å²) in [5, 5.41) is 11.5. The van der Waals surface area contributed by atoms with Crippen molar-refractivity contribution in [3.05, 3.63) is 34.6 Å². The van der Waals surface area contributed by atoms with Gasteiger partial charge in [-0.15, -0.1) is 10.2 Å². The molecule has 1 saturated carbocycles. The summed E-state index contributed by atoms with van der Waals surface area (Å²) in [7, 11) is -3.78. The Kier molecular flexibility index (Phi) is 5.35. The third-order valence-corrected chi connectivity index (χ3v) is 7.16. The highest BCUT2D eigenvalue weighted by atomic mass is 32.2. The van der Waals surface area contributed by atoms with E-state index in [1.807, 2.05) is 0 Å². The van der Waals surface area contributed by atoms with Gasteiger partial charge in [-0.3, -0.25) is 10.1 Å². The first-order chi connectivity index (χ1) is 12.4. The van der Waals surface area contributed by atoms with Crippen molar-refractivity contribution in [1.29, 1.82) is 0 Å². The van der Waals surface area contributed by atoms with Crippen LogP contribution in [0, 0.1) is 5.82 Å². The summed E-state index contributed by atoms with van der Waals surface area (Å²) in [6.45, 7) is 4.00. The lowest BCUT2D eigenvalue weighted by atomic mass is 10.2. The fraction of sp³-hybridized carbons (Fsp3) is 0.438. The Morgan fingerprint density at radius 3 is 2.62 bits per heavy atom. The number of nitrogens with one attached hydrogen (secondary N) is 1. The Hall–Kier alpha value is -1.91. The first-order valence-corrected chi connectivity index (χ1v) is 10.6. The summed E-state index contributed by atoms with van der Waals surface area (Å²) < 4.78 is 40.5. The van der Waals surface area contributed by atoms with E-state index >= 15 is 0 Å². The van der Waals surface area contributed by atoms with Crippen LogP contribution in [0.5, 0.6) is 0 Å². The lowest BCUT2D eigenvalue weighted by Gasteiger charge is -2.18. The molecule has 140 valence electrons. The number of hydrogen-bond acceptors (Lipinski definition) is 6. The van der Waals surface area contributed by atoms with Crippen LogP contribution in [0.3, 0.4) is 0 Å². The van der Waals surface area contributed by atoms with Gasteiger partial charge < -0.3 is 0 Å². The summed E-state index contributed by atoms with van der Waals surface area (Å²) in [5.41, 5.74) is -0.346. The minimum Gasteiger partial charge on any atom is -0.296 e. The van der Waals surface area contributed by atoms with E-state index in [0.29, 0.717) is 5.92 Å². The topological polar surface area (TPSA) is 92.3 Å². The van der Waals surface area contributed by atoms with E-state index in [1.165, 1.54) is 15.6 Å². The van der Waals surface area contributed by atoms with Crippen molar-refractivity contribution >= 4 is 32.4 Å². The molecule has 1 aromatic heterocycles. The number of anilines is 1. The molecule has 3 rings (SSSR count). The molecule has 0 atom stereocenters. The Bertz CT molecular complexity index is 921. The van der Waals surface area contributed by atoms with Gasteiger partial charge in [0.05, 0.1) is 10.5 Å². The van der Waals surface area contributed by atoms with E-state index in [-0.39, 0.29) is 28.7 Å². The summed E-state index contributed by atoms with van der Waals surface area (Å²) in [4.78, 5) is 12.3. The van der Waals surface area contributed by atoms with Gasteiger partial charge >= 0.3 is 0 Å². The monoisotopic (exact) mass is 398 g/mol. The van der Waals surface area contributed by atoms with Gasteiger partial charge in [0.2, 0.25) is 15.2 Å². The number of carbonyl (C=O) groups excluding carboxylic acids is 1. The summed E-state index contributed by atoms with van der Waals surface area (Å²) in [6, 6.07) is 3.21. The molecular formula is C16H19FN4O3S2. The molecule has 26 heavy (non-hydrogen) atoms. The Morgan fingerprint density at radius 1 is 1.31 bits per heavy atom. The highest BCUT2D eigenvalue weighted by Gasteiger charge is 2.28. The van der Waals surface area contributed by atoms with Gasteiger partial charge in [0.25, 0.3) is 5.91 Å². The smallest absolute Gasteiger partial charge is 0.260 e. The van der Waals surface area contributed by atoms with Crippen LogP contribution in [-0.4, -0.2) is 41.9 Å². The number of aromatic nitrogens is 2. The van der Waals surface area contributed by atoms with Crippen LogP contribution in [0.1, 0.15) is 48.0 Å². The Labute approximate surface area is 155 Å². The highest BCUT2D eigenvalue weighted by molar-refractivity contribution is 7.89. The molecule has 1 aromatic carbocycles. The number of benzene rings is 1. The molecule has 0 radical (unpaired) electrons. The molecule has 1 N–H and O–H groups in total. The van der Waals surface area contributed by atoms with Crippen LogP contribution >= 0.6 is 11.3 Å². The van der Waals surface area contributed by atoms with Crippen LogP contribution in [0.2, 0.25) is 0 Å². The number of carbonyl (C=O) groups is 1. The third-order valence-electron chi connectivity index (χ3n) is 4.11. The average molecular weight is 398 g/mol. The fourth-order valence-corrected chi connectivity index (χ4v) is 4.89. The SMILES string of the molecule is CCN(CC)S(=O)(=O)c1ccc(F)c(C(=O)Nc2nnc(C3CC3)s2)c1. The molecule has 1 fully saturated rings. The normalized spacial score (nSPS) is 14.6. The van der Waals surface area contributed by atoms with Gasteiger partial charge in [-0.25, -0.2) is 12.8 Å². The van der Waals surface area contributed by atoms with Gasteiger partial charge in [-0.1, -0.05) is 25.2 Å². The van der Waals surface area contributed by atoms with E-state index in [4.69, 9.17) is 0 Å². The van der Waals surface area contributed by atoms with Gasteiger partial charge in [-0.05, 0) is 31.0 Å². The van der Waals surface area contributed by atoms with Crippen molar-refractivity contribution in [2.75, 3.05) is 18.4 Å². The van der Waals surface area contributed by atoms with E-state index in [1.54, 1.807) is 13.8 Å². The molecule has 7 nitrogen and oxygen atoms in total. The summed E-state index contributed by atoms with van der Waals surface area (Å²) in [6.07, 6.45) is 2.12. The molecule has 10 heteroatoms. The molecule has 0 spiro atoms. The molecule has 0 saturated heterocycles. The minimum absolute atomic E-state index is 0.122. The molecule has 2 aromatic rings. The van der Waals surface area contributed by atoms with Crippen molar-refractivity contribution in [1.82, 2.24) is 14.5 Å². The Balaban J connectivity index is 1.85. The van der Waals surface area contributed by atoms with Crippen molar-refractivity contribution in [2.24, 2.45) is 0 Å². The number of sulfonamides is 1. The maximum atomic E-state index is 14.1. The number of halogens is 1.